The highest BCUT2D eigenvalue weighted by Crippen LogP contribution is 2.22. The molecule has 0 spiro atoms. The molecule has 0 rings (SSSR count). The summed E-state index contributed by atoms with van der Waals surface area (Å²) in [6, 6.07) is 0. The molecule has 0 aliphatic rings. The fourth-order valence-corrected chi connectivity index (χ4v) is 3.37. The van der Waals surface area contributed by atoms with Gasteiger partial charge in [0.25, 0.3) is 0 Å². The van der Waals surface area contributed by atoms with Crippen molar-refractivity contribution in [3.05, 3.63) is 24.3 Å². The Morgan fingerprint density at radius 3 is 1.20 bits per heavy atom. The minimum absolute atomic E-state index is 0.367. The Kier molecular flexibility index (Phi) is 17.3. The third-order valence-electron chi connectivity index (χ3n) is 5.31. The lowest BCUT2D eigenvalue weighted by Crippen LogP contribution is -2.36. The standard InChI is InChI=1S/C26H46O4/c1-7-9-11-13-14-16-18-20-24(30-26(28)22(5)6)23(29-25(27)21(3)4)19-17-15-12-10-8-2/h23-24H,3,5,7-20H2,1-2,4,6H3. The maximum atomic E-state index is 12.2. The molecule has 0 radical (unpaired) electrons. The lowest BCUT2D eigenvalue weighted by Gasteiger charge is -2.27. The van der Waals surface area contributed by atoms with E-state index in [-0.39, 0.29) is 0 Å². The highest BCUT2D eigenvalue weighted by Gasteiger charge is 2.28. The van der Waals surface area contributed by atoms with Crippen LogP contribution in [0.3, 0.4) is 0 Å². The number of unbranched alkanes of at least 4 members (excludes halogenated alkanes) is 10. The van der Waals surface area contributed by atoms with Gasteiger partial charge in [0.1, 0.15) is 12.2 Å². The summed E-state index contributed by atoms with van der Waals surface area (Å²) in [5, 5.41) is 0. The second-order valence-corrected chi connectivity index (χ2v) is 8.56. The highest BCUT2D eigenvalue weighted by atomic mass is 16.6. The second-order valence-electron chi connectivity index (χ2n) is 8.56. The Morgan fingerprint density at radius 1 is 0.600 bits per heavy atom. The van der Waals surface area contributed by atoms with Gasteiger partial charge in [-0.2, -0.15) is 0 Å². The van der Waals surface area contributed by atoms with Crippen LogP contribution in [-0.2, 0) is 19.1 Å². The first-order chi connectivity index (χ1) is 14.3. The van der Waals surface area contributed by atoms with Crippen LogP contribution < -0.4 is 0 Å². The summed E-state index contributed by atoms with van der Waals surface area (Å²) in [6.45, 7) is 15.1. The third kappa shape index (κ3) is 14.4. The molecule has 0 aliphatic carbocycles. The van der Waals surface area contributed by atoms with Gasteiger partial charge in [-0.3, -0.25) is 0 Å². The molecule has 0 amide bonds. The van der Waals surface area contributed by atoms with Gasteiger partial charge in [-0.1, -0.05) is 91.2 Å². The number of carbonyl (C=O) groups excluding carboxylic acids is 2. The Labute approximate surface area is 185 Å². The lowest BCUT2D eigenvalue weighted by atomic mass is 9.99. The molecule has 2 unspecified atom stereocenters. The van der Waals surface area contributed by atoms with Gasteiger partial charge in [0.2, 0.25) is 0 Å². The molecule has 0 N–H and O–H groups in total. The Morgan fingerprint density at radius 2 is 0.900 bits per heavy atom. The molecule has 0 aliphatic heterocycles. The van der Waals surface area contributed by atoms with Crippen molar-refractivity contribution < 1.29 is 19.1 Å². The van der Waals surface area contributed by atoms with Crippen molar-refractivity contribution in [3.8, 4) is 0 Å². The summed E-state index contributed by atoms with van der Waals surface area (Å²) in [4.78, 5) is 24.4. The molecule has 0 heterocycles. The number of carbonyl (C=O) groups is 2. The van der Waals surface area contributed by atoms with Gasteiger partial charge in [0.05, 0.1) is 0 Å². The first-order valence-corrected chi connectivity index (χ1v) is 12.1. The quantitative estimate of drug-likeness (QED) is 0.123. The molecular weight excluding hydrogens is 376 g/mol. The molecule has 0 fully saturated rings. The smallest absolute Gasteiger partial charge is 0.333 e. The van der Waals surface area contributed by atoms with Crippen molar-refractivity contribution in [2.75, 3.05) is 0 Å². The molecule has 0 saturated heterocycles. The highest BCUT2D eigenvalue weighted by molar-refractivity contribution is 5.88. The van der Waals surface area contributed by atoms with Gasteiger partial charge >= 0.3 is 11.9 Å². The Bertz CT molecular complexity index is 509. The number of hydrogen-bond donors (Lipinski definition) is 0. The predicted octanol–water partition coefficient (Wildman–Crippen LogP) is 7.46. The fourth-order valence-electron chi connectivity index (χ4n) is 3.37. The average molecular weight is 423 g/mol. The van der Waals surface area contributed by atoms with Crippen LogP contribution in [0.25, 0.3) is 0 Å². The first-order valence-electron chi connectivity index (χ1n) is 12.1. The van der Waals surface area contributed by atoms with E-state index in [1.165, 1.54) is 51.4 Å². The summed E-state index contributed by atoms with van der Waals surface area (Å²) < 4.78 is 11.5. The normalized spacial score (nSPS) is 12.8. The van der Waals surface area contributed by atoms with E-state index in [4.69, 9.17) is 9.47 Å². The van der Waals surface area contributed by atoms with E-state index in [0.717, 1.165) is 25.7 Å². The summed E-state index contributed by atoms with van der Waals surface area (Å²) in [5.41, 5.74) is 0.736. The zero-order valence-electron chi connectivity index (χ0n) is 20.1. The van der Waals surface area contributed by atoms with Crippen LogP contribution in [0.1, 0.15) is 118 Å². The minimum Gasteiger partial charge on any atom is -0.455 e. The molecule has 0 aromatic rings. The van der Waals surface area contributed by atoms with E-state index in [1.807, 2.05) is 0 Å². The number of ether oxygens (including phenoxy) is 2. The summed E-state index contributed by atoms with van der Waals surface area (Å²) in [5.74, 6) is -0.824. The molecule has 4 nitrogen and oxygen atoms in total. The van der Waals surface area contributed by atoms with E-state index in [2.05, 4.69) is 27.0 Å². The van der Waals surface area contributed by atoms with Gasteiger partial charge in [-0.15, -0.1) is 0 Å². The van der Waals surface area contributed by atoms with Crippen molar-refractivity contribution in [1.82, 2.24) is 0 Å². The van der Waals surface area contributed by atoms with Crippen LogP contribution in [-0.4, -0.2) is 24.1 Å². The molecule has 174 valence electrons. The monoisotopic (exact) mass is 422 g/mol. The van der Waals surface area contributed by atoms with Crippen molar-refractivity contribution in [2.45, 2.75) is 130 Å². The lowest BCUT2D eigenvalue weighted by molar-refractivity contribution is -0.164. The topological polar surface area (TPSA) is 52.6 Å². The maximum absolute atomic E-state index is 12.2. The second kappa shape index (κ2) is 18.2. The van der Waals surface area contributed by atoms with Gasteiger partial charge < -0.3 is 9.47 Å². The molecule has 0 bridgehead atoms. The molecule has 0 saturated carbocycles. The van der Waals surface area contributed by atoms with Crippen LogP contribution >= 0.6 is 0 Å². The van der Waals surface area contributed by atoms with Gasteiger partial charge in [-0.05, 0) is 39.5 Å². The zero-order valence-corrected chi connectivity index (χ0v) is 20.1. The van der Waals surface area contributed by atoms with Crippen LogP contribution in [0.4, 0.5) is 0 Å². The van der Waals surface area contributed by atoms with Crippen LogP contribution in [0.5, 0.6) is 0 Å². The number of rotatable bonds is 19. The van der Waals surface area contributed by atoms with Crippen molar-refractivity contribution >= 4 is 11.9 Å². The van der Waals surface area contributed by atoms with Crippen LogP contribution in [0.2, 0.25) is 0 Å². The zero-order chi connectivity index (χ0) is 22.8. The summed E-state index contributed by atoms with van der Waals surface area (Å²) in [7, 11) is 0. The molecule has 0 aromatic heterocycles. The number of hydrogen-bond acceptors (Lipinski definition) is 4. The van der Waals surface area contributed by atoms with Gasteiger partial charge in [0.15, 0.2) is 0 Å². The van der Waals surface area contributed by atoms with Crippen molar-refractivity contribution in [3.63, 3.8) is 0 Å². The van der Waals surface area contributed by atoms with E-state index < -0.39 is 24.1 Å². The SMILES string of the molecule is C=C(C)C(=O)OC(CCCCCCC)C(CCCCCCCCC)OC(=O)C(=C)C. The molecule has 30 heavy (non-hydrogen) atoms. The Balaban J connectivity index is 4.95. The van der Waals surface area contributed by atoms with Gasteiger partial charge in [0, 0.05) is 11.1 Å². The Hall–Kier alpha value is -1.58. The minimum atomic E-state index is -0.431. The molecule has 2 atom stereocenters. The van der Waals surface area contributed by atoms with Crippen LogP contribution in [0, 0.1) is 0 Å². The maximum Gasteiger partial charge on any atom is 0.333 e. The summed E-state index contributed by atoms with van der Waals surface area (Å²) in [6.07, 6.45) is 14.5. The fraction of sp³-hybridized carbons (Fsp3) is 0.769. The van der Waals surface area contributed by atoms with E-state index in [9.17, 15) is 9.59 Å². The van der Waals surface area contributed by atoms with Crippen LogP contribution in [0.15, 0.2) is 24.3 Å². The first kappa shape index (κ1) is 28.4. The molecule has 4 heteroatoms. The third-order valence-corrected chi connectivity index (χ3v) is 5.31. The average Bonchev–Trinajstić information content (AvgIpc) is 2.70. The predicted molar refractivity (Wildman–Crippen MR) is 125 cm³/mol. The molecular formula is C26H46O4. The van der Waals surface area contributed by atoms with Gasteiger partial charge in [-0.25, -0.2) is 9.59 Å². The molecule has 0 aromatic carbocycles. The number of esters is 2. The van der Waals surface area contributed by atoms with Crippen molar-refractivity contribution in [1.29, 1.82) is 0 Å². The van der Waals surface area contributed by atoms with E-state index in [1.54, 1.807) is 13.8 Å². The van der Waals surface area contributed by atoms with E-state index >= 15 is 0 Å². The van der Waals surface area contributed by atoms with Crippen molar-refractivity contribution in [2.24, 2.45) is 0 Å². The largest absolute Gasteiger partial charge is 0.455 e. The van der Waals surface area contributed by atoms with E-state index in [0.29, 0.717) is 24.0 Å². The summed E-state index contributed by atoms with van der Waals surface area (Å²) >= 11 is 0.